The summed E-state index contributed by atoms with van der Waals surface area (Å²) in [5.74, 6) is -0.687. The molecule has 0 radical (unpaired) electrons. The van der Waals surface area contributed by atoms with Gasteiger partial charge in [0.05, 0.1) is 0 Å². The number of hydrogen-bond acceptors (Lipinski definition) is 7. The molecule has 1 aromatic carbocycles. The number of carbonyl (C=O) groups is 2. The second-order valence-electron chi connectivity index (χ2n) is 5.33. The molecule has 0 fully saturated rings. The van der Waals surface area contributed by atoms with Crippen molar-refractivity contribution in [2.75, 3.05) is 11.9 Å². The number of rotatable bonds is 6. The topological polar surface area (TPSA) is 99.0 Å². The largest absolute Gasteiger partial charge is 0.454 e. The smallest absolute Gasteiger partial charge is 0.330 e. The standard InChI is InChI=1S/C16H14ClN5O3S/c1-10-2-3-12(6-13(10)17)18-14(23)8-25-15(24)7-22-20-16(19-21-22)11-4-5-26-9-11/h2-6,9H,7-8H2,1H3,(H,18,23). The van der Waals surface area contributed by atoms with Gasteiger partial charge in [-0.05, 0) is 41.3 Å². The maximum atomic E-state index is 11.8. The van der Waals surface area contributed by atoms with Crippen LogP contribution < -0.4 is 5.32 Å². The average molecular weight is 392 g/mol. The number of ether oxygens (including phenoxy) is 1. The molecule has 2 aromatic heterocycles. The zero-order valence-corrected chi connectivity index (χ0v) is 15.3. The van der Waals surface area contributed by atoms with Gasteiger partial charge in [-0.25, -0.2) is 4.79 Å². The van der Waals surface area contributed by atoms with Gasteiger partial charge in [-0.3, -0.25) is 4.79 Å². The van der Waals surface area contributed by atoms with E-state index >= 15 is 0 Å². The SMILES string of the molecule is Cc1ccc(NC(=O)COC(=O)Cn2nnc(-c3ccsc3)n2)cc1Cl. The summed E-state index contributed by atoms with van der Waals surface area (Å²) in [4.78, 5) is 24.8. The van der Waals surface area contributed by atoms with Gasteiger partial charge < -0.3 is 10.1 Å². The normalized spacial score (nSPS) is 10.5. The van der Waals surface area contributed by atoms with Crippen LogP contribution in [0.15, 0.2) is 35.0 Å². The van der Waals surface area contributed by atoms with Crippen LogP contribution in [-0.4, -0.2) is 38.7 Å². The van der Waals surface area contributed by atoms with Crippen LogP contribution >= 0.6 is 22.9 Å². The van der Waals surface area contributed by atoms with Gasteiger partial charge >= 0.3 is 5.97 Å². The molecular weight excluding hydrogens is 378 g/mol. The first-order valence-corrected chi connectivity index (χ1v) is 8.85. The number of amides is 1. The van der Waals surface area contributed by atoms with E-state index in [1.807, 2.05) is 23.8 Å². The fourth-order valence-electron chi connectivity index (χ4n) is 1.99. The van der Waals surface area contributed by atoms with E-state index in [2.05, 4.69) is 20.7 Å². The predicted molar refractivity (Wildman–Crippen MR) is 96.9 cm³/mol. The monoisotopic (exact) mass is 391 g/mol. The Morgan fingerprint density at radius 2 is 2.19 bits per heavy atom. The lowest BCUT2D eigenvalue weighted by molar-refractivity contribution is -0.148. The fourth-order valence-corrected chi connectivity index (χ4v) is 2.81. The van der Waals surface area contributed by atoms with E-state index in [1.165, 1.54) is 11.3 Å². The highest BCUT2D eigenvalue weighted by molar-refractivity contribution is 7.08. The molecule has 0 unspecified atom stereocenters. The fraction of sp³-hybridized carbons (Fsp3) is 0.188. The van der Waals surface area contributed by atoms with Crippen molar-refractivity contribution in [2.45, 2.75) is 13.5 Å². The quantitative estimate of drug-likeness (QED) is 0.648. The number of carbonyl (C=O) groups excluding carboxylic acids is 2. The molecule has 0 aliphatic carbocycles. The highest BCUT2D eigenvalue weighted by Gasteiger charge is 2.12. The number of tetrazole rings is 1. The molecule has 0 bridgehead atoms. The van der Waals surface area contributed by atoms with Gasteiger partial charge in [0.15, 0.2) is 13.2 Å². The number of hydrogen-bond donors (Lipinski definition) is 1. The van der Waals surface area contributed by atoms with Crippen LogP contribution in [-0.2, 0) is 20.9 Å². The molecule has 0 aliphatic heterocycles. The highest BCUT2D eigenvalue weighted by atomic mass is 35.5. The summed E-state index contributed by atoms with van der Waals surface area (Å²) in [5.41, 5.74) is 2.25. The van der Waals surface area contributed by atoms with Crippen LogP contribution in [0.1, 0.15) is 5.56 Å². The Balaban J connectivity index is 1.47. The summed E-state index contributed by atoms with van der Waals surface area (Å²) < 4.78 is 4.92. The van der Waals surface area contributed by atoms with Crippen molar-refractivity contribution in [3.05, 3.63) is 45.6 Å². The number of aryl methyl sites for hydroxylation is 1. The minimum absolute atomic E-state index is 0.235. The van der Waals surface area contributed by atoms with Crippen molar-refractivity contribution in [1.82, 2.24) is 20.2 Å². The third-order valence-corrected chi connectivity index (χ3v) is 4.41. The summed E-state index contributed by atoms with van der Waals surface area (Å²) in [6, 6.07) is 6.98. The van der Waals surface area contributed by atoms with E-state index in [0.717, 1.165) is 15.9 Å². The van der Waals surface area contributed by atoms with E-state index in [4.69, 9.17) is 16.3 Å². The molecule has 134 valence electrons. The van der Waals surface area contributed by atoms with E-state index in [-0.39, 0.29) is 6.54 Å². The van der Waals surface area contributed by atoms with Gasteiger partial charge in [-0.1, -0.05) is 17.7 Å². The molecule has 10 heteroatoms. The van der Waals surface area contributed by atoms with E-state index < -0.39 is 18.5 Å². The number of aromatic nitrogens is 4. The highest BCUT2D eigenvalue weighted by Crippen LogP contribution is 2.20. The molecule has 26 heavy (non-hydrogen) atoms. The number of esters is 1. The van der Waals surface area contributed by atoms with Crippen LogP contribution in [0.2, 0.25) is 5.02 Å². The minimum Gasteiger partial charge on any atom is -0.454 e. The number of nitrogens with one attached hydrogen (secondary N) is 1. The Morgan fingerprint density at radius 3 is 2.92 bits per heavy atom. The minimum atomic E-state index is -0.642. The van der Waals surface area contributed by atoms with Crippen molar-refractivity contribution in [1.29, 1.82) is 0 Å². The van der Waals surface area contributed by atoms with Crippen molar-refractivity contribution in [3.63, 3.8) is 0 Å². The molecule has 3 rings (SSSR count). The van der Waals surface area contributed by atoms with E-state index in [1.54, 1.807) is 18.2 Å². The van der Waals surface area contributed by atoms with Gasteiger partial charge in [0.2, 0.25) is 5.82 Å². The number of benzene rings is 1. The zero-order valence-electron chi connectivity index (χ0n) is 13.7. The first-order valence-electron chi connectivity index (χ1n) is 7.53. The molecule has 0 saturated heterocycles. The van der Waals surface area contributed by atoms with Crippen LogP contribution in [0.3, 0.4) is 0 Å². The predicted octanol–water partition coefficient (Wildman–Crippen LogP) is 2.55. The Kier molecular flexibility index (Phi) is 5.59. The van der Waals surface area contributed by atoms with Gasteiger partial charge in [0, 0.05) is 21.7 Å². The van der Waals surface area contributed by atoms with Crippen molar-refractivity contribution < 1.29 is 14.3 Å². The Labute approximate surface area is 157 Å². The lowest BCUT2D eigenvalue weighted by Gasteiger charge is -2.07. The van der Waals surface area contributed by atoms with Crippen LogP contribution in [0.25, 0.3) is 11.4 Å². The molecule has 8 nitrogen and oxygen atoms in total. The Hall–Kier alpha value is -2.78. The first kappa shape index (κ1) is 18.0. The molecule has 0 aliphatic rings. The zero-order chi connectivity index (χ0) is 18.5. The van der Waals surface area contributed by atoms with Crippen molar-refractivity contribution in [2.24, 2.45) is 0 Å². The average Bonchev–Trinajstić information content (AvgIpc) is 3.28. The molecule has 2 heterocycles. The lowest BCUT2D eigenvalue weighted by atomic mass is 10.2. The molecule has 0 saturated carbocycles. The van der Waals surface area contributed by atoms with Crippen LogP contribution in [0.5, 0.6) is 0 Å². The number of halogens is 1. The summed E-state index contributed by atoms with van der Waals surface area (Å²) in [7, 11) is 0. The van der Waals surface area contributed by atoms with Gasteiger partial charge in [0.25, 0.3) is 5.91 Å². The Morgan fingerprint density at radius 1 is 1.35 bits per heavy atom. The van der Waals surface area contributed by atoms with Crippen molar-refractivity contribution >= 4 is 40.5 Å². The number of thiophene rings is 1. The first-order chi connectivity index (χ1) is 12.5. The molecule has 1 amide bonds. The molecule has 0 atom stereocenters. The maximum absolute atomic E-state index is 11.8. The van der Waals surface area contributed by atoms with Gasteiger partial charge in [-0.2, -0.15) is 16.1 Å². The van der Waals surface area contributed by atoms with Gasteiger partial charge in [-0.15, -0.1) is 10.2 Å². The molecular formula is C16H14ClN5O3S. The second-order valence-corrected chi connectivity index (χ2v) is 6.52. The second kappa shape index (κ2) is 8.07. The third-order valence-electron chi connectivity index (χ3n) is 3.32. The molecule has 1 N–H and O–H groups in total. The lowest BCUT2D eigenvalue weighted by Crippen LogP contribution is -2.23. The maximum Gasteiger partial charge on any atom is 0.330 e. The van der Waals surface area contributed by atoms with E-state index in [9.17, 15) is 9.59 Å². The van der Waals surface area contributed by atoms with Crippen LogP contribution in [0, 0.1) is 6.92 Å². The molecule has 3 aromatic rings. The number of nitrogens with zero attached hydrogens (tertiary/aromatic N) is 4. The van der Waals surface area contributed by atoms with E-state index in [0.29, 0.717) is 16.5 Å². The molecule has 0 spiro atoms. The van der Waals surface area contributed by atoms with Crippen LogP contribution in [0.4, 0.5) is 5.69 Å². The van der Waals surface area contributed by atoms with Gasteiger partial charge in [0.1, 0.15) is 0 Å². The third kappa shape index (κ3) is 4.64. The summed E-state index contributed by atoms with van der Waals surface area (Å²) in [5, 5.41) is 18.7. The summed E-state index contributed by atoms with van der Waals surface area (Å²) >= 11 is 7.51. The summed E-state index contributed by atoms with van der Waals surface area (Å²) in [6.07, 6.45) is 0. The number of anilines is 1. The van der Waals surface area contributed by atoms with Crippen molar-refractivity contribution in [3.8, 4) is 11.4 Å². The summed E-state index contributed by atoms with van der Waals surface area (Å²) in [6.45, 7) is 1.20. The Bertz CT molecular complexity index is 926.